The minimum absolute atomic E-state index is 0.529. The van der Waals surface area contributed by atoms with E-state index in [-0.39, 0.29) is 0 Å². The van der Waals surface area contributed by atoms with Crippen LogP contribution in [0.4, 0.5) is 0 Å². The maximum Gasteiger partial charge on any atom is 0.240 e. The fourth-order valence-corrected chi connectivity index (χ4v) is 9.15. The summed E-state index contributed by atoms with van der Waals surface area (Å²) >= 11 is 0. The van der Waals surface area contributed by atoms with Crippen molar-refractivity contribution in [2.24, 2.45) is 0 Å². The van der Waals surface area contributed by atoms with E-state index in [0.717, 1.165) is 87.4 Å². The highest BCUT2D eigenvalue weighted by atomic mass is 15.3. The van der Waals surface area contributed by atoms with Crippen molar-refractivity contribution in [2.75, 3.05) is 0 Å². The number of para-hydroxylation sites is 4. The Bertz CT molecular complexity index is 3640. The summed E-state index contributed by atoms with van der Waals surface area (Å²) in [4.78, 5) is 31.1. The summed E-state index contributed by atoms with van der Waals surface area (Å²) < 4.78 is 4.30. The highest BCUT2D eigenvalue weighted by molar-refractivity contribution is 6.10. The van der Waals surface area contributed by atoms with Gasteiger partial charge in [0.25, 0.3) is 0 Å². The lowest BCUT2D eigenvalue weighted by Crippen LogP contribution is -2.10. The molecule has 4 aromatic heterocycles. The highest BCUT2D eigenvalue weighted by Gasteiger charge is 2.21. The van der Waals surface area contributed by atoms with Crippen LogP contribution in [0.5, 0.6) is 0 Å². The van der Waals surface area contributed by atoms with E-state index in [2.05, 4.69) is 191 Å². The van der Waals surface area contributed by atoms with Crippen molar-refractivity contribution in [3.63, 3.8) is 0 Å². The molecule has 0 spiro atoms. The Hall–Kier alpha value is -8.88. The number of nitrogens with zero attached hydrogens (tertiary/aromatic N) is 8. The molecule has 298 valence electrons. The molecule has 64 heavy (non-hydrogen) atoms. The Morgan fingerprint density at radius 2 is 0.531 bits per heavy atom. The Labute approximate surface area is 366 Å². The molecular formula is C56H34N8. The molecule has 0 amide bonds. The number of aromatic nitrogens is 8. The second-order valence-electron chi connectivity index (χ2n) is 16.0. The summed E-state index contributed by atoms with van der Waals surface area (Å²) in [6.07, 6.45) is 0. The van der Waals surface area contributed by atoms with E-state index in [1.54, 1.807) is 0 Å². The molecule has 8 nitrogen and oxygen atoms in total. The third-order valence-electron chi connectivity index (χ3n) is 12.2. The van der Waals surface area contributed by atoms with Gasteiger partial charge in [-0.15, -0.1) is 0 Å². The van der Waals surface area contributed by atoms with Crippen molar-refractivity contribution in [2.45, 2.75) is 0 Å². The van der Waals surface area contributed by atoms with Gasteiger partial charge in [-0.05, 0) is 57.9 Å². The molecule has 0 saturated heterocycles. The monoisotopic (exact) mass is 818 g/mol. The quantitative estimate of drug-likeness (QED) is 0.166. The average molecular weight is 819 g/mol. The van der Waals surface area contributed by atoms with E-state index in [4.69, 9.17) is 29.9 Å². The van der Waals surface area contributed by atoms with Crippen LogP contribution in [0.2, 0.25) is 0 Å². The van der Waals surface area contributed by atoms with Crippen molar-refractivity contribution >= 4 is 65.2 Å². The Morgan fingerprint density at radius 1 is 0.234 bits per heavy atom. The zero-order chi connectivity index (χ0) is 42.1. The molecule has 0 aliphatic rings. The van der Waals surface area contributed by atoms with E-state index in [0.29, 0.717) is 35.2 Å². The molecule has 0 radical (unpaired) electrons. The van der Waals surface area contributed by atoms with E-state index in [1.807, 2.05) is 24.3 Å². The van der Waals surface area contributed by atoms with Gasteiger partial charge in [-0.1, -0.05) is 170 Å². The molecule has 0 aliphatic heterocycles. The molecule has 0 N–H and O–H groups in total. The summed E-state index contributed by atoms with van der Waals surface area (Å²) in [7, 11) is 0. The fraction of sp³-hybridized carbons (Fsp3) is 0. The van der Waals surface area contributed by atoms with Gasteiger partial charge in [0, 0.05) is 43.8 Å². The minimum Gasteiger partial charge on any atom is -0.278 e. The fourth-order valence-electron chi connectivity index (χ4n) is 9.15. The van der Waals surface area contributed by atoms with Crippen molar-refractivity contribution in [1.82, 2.24) is 39.0 Å². The largest absolute Gasteiger partial charge is 0.278 e. The molecule has 0 atom stereocenters. The van der Waals surface area contributed by atoms with Gasteiger partial charge in [0.05, 0.1) is 22.1 Å². The first-order valence-electron chi connectivity index (χ1n) is 21.3. The predicted molar refractivity (Wildman–Crippen MR) is 259 cm³/mol. The van der Waals surface area contributed by atoms with Gasteiger partial charge in [0.15, 0.2) is 23.3 Å². The van der Waals surface area contributed by atoms with E-state index in [9.17, 15) is 0 Å². The van der Waals surface area contributed by atoms with Crippen LogP contribution < -0.4 is 0 Å². The standard InChI is InChI=1S/C56H34N8/c1-3-15-39-33-41(31-25-35(39)13-1)53-57-51(58-54(59-53)42-32-26-36-14-2-4-16-40(36)34-42)37-27-29-38(30-28-37)52-60-55(63-47-21-9-5-17-43(47)44-18-6-10-22-48(44)63)62-56(61-52)64-49-23-11-7-19-45(49)46-20-8-12-24-50(46)64/h1-34H. The normalized spacial score (nSPS) is 11.8. The maximum absolute atomic E-state index is 5.30. The first-order valence-corrected chi connectivity index (χ1v) is 21.3. The molecule has 13 aromatic rings. The third kappa shape index (κ3) is 5.85. The number of hydrogen-bond acceptors (Lipinski definition) is 6. The lowest BCUT2D eigenvalue weighted by Gasteiger charge is -2.13. The van der Waals surface area contributed by atoms with Crippen LogP contribution in [0, 0.1) is 0 Å². The van der Waals surface area contributed by atoms with Gasteiger partial charge in [-0.2, -0.15) is 15.0 Å². The molecule has 0 aliphatic carbocycles. The summed E-state index contributed by atoms with van der Waals surface area (Å²) in [5.41, 5.74) is 7.57. The Kier molecular flexibility index (Phi) is 8.04. The molecular weight excluding hydrogens is 785 g/mol. The topological polar surface area (TPSA) is 87.2 Å². The molecule has 0 saturated carbocycles. The number of rotatable bonds is 6. The van der Waals surface area contributed by atoms with Gasteiger partial charge in [0.2, 0.25) is 11.9 Å². The van der Waals surface area contributed by atoms with Crippen molar-refractivity contribution in [3.8, 4) is 57.4 Å². The summed E-state index contributed by atoms with van der Waals surface area (Å²) in [5.74, 6) is 3.38. The summed E-state index contributed by atoms with van der Waals surface area (Å²) in [5, 5.41) is 9.08. The summed E-state index contributed by atoms with van der Waals surface area (Å²) in [6.45, 7) is 0. The first-order chi connectivity index (χ1) is 31.7. The number of fused-ring (bicyclic) bond motifs is 8. The van der Waals surface area contributed by atoms with E-state index < -0.39 is 0 Å². The van der Waals surface area contributed by atoms with Crippen molar-refractivity contribution < 1.29 is 0 Å². The molecule has 0 bridgehead atoms. The van der Waals surface area contributed by atoms with Crippen LogP contribution in [-0.4, -0.2) is 39.0 Å². The lowest BCUT2D eigenvalue weighted by atomic mass is 10.1. The Morgan fingerprint density at radius 3 is 0.922 bits per heavy atom. The van der Waals surface area contributed by atoms with Gasteiger partial charge in [-0.25, -0.2) is 15.0 Å². The molecule has 8 heteroatoms. The summed E-state index contributed by atoms with van der Waals surface area (Å²) in [6, 6.07) is 71.2. The SMILES string of the molecule is c1ccc2cc(-c3nc(-c4ccc(-c5nc(-n6c7ccccc7c7ccccc76)nc(-n6c7ccccc7c7ccccc76)n5)cc4)nc(-c4ccc5ccccc5c4)n3)ccc2c1. The van der Waals surface area contributed by atoms with Gasteiger partial charge < -0.3 is 0 Å². The molecule has 4 heterocycles. The molecule has 9 aromatic carbocycles. The van der Waals surface area contributed by atoms with E-state index in [1.165, 1.54) is 0 Å². The zero-order valence-corrected chi connectivity index (χ0v) is 34.2. The molecule has 0 unspecified atom stereocenters. The van der Waals surface area contributed by atoms with Crippen LogP contribution in [0.3, 0.4) is 0 Å². The highest BCUT2D eigenvalue weighted by Crippen LogP contribution is 2.35. The molecule has 0 fully saturated rings. The average Bonchev–Trinajstić information content (AvgIpc) is 3.89. The van der Waals surface area contributed by atoms with Crippen LogP contribution in [0.1, 0.15) is 0 Å². The predicted octanol–water partition coefficient (Wildman–Crippen LogP) is 13.2. The lowest BCUT2D eigenvalue weighted by molar-refractivity contribution is 0.893. The van der Waals surface area contributed by atoms with Gasteiger partial charge >= 0.3 is 0 Å². The number of hydrogen-bond donors (Lipinski definition) is 0. The van der Waals surface area contributed by atoms with Crippen LogP contribution in [-0.2, 0) is 0 Å². The van der Waals surface area contributed by atoms with Crippen LogP contribution >= 0.6 is 0 Å². The smallest absolute Gasteiger partial charge is 0.240 e. The number of benzene rings is 9. The van der Waals surface area contributed by atoms with Crippen LogP contribution in [0.25, 0.3) is 123 Å². The second kappa shape index (κ2) is 14.4. The van der Waals surface area contributed by atoms with Gasteiger partial charge in [0.1, 0.15) is 0 Å². The second-order valence-corrected chi connectivity index (χ2v) is 16.0. The molecule has 13 rings (SSSR count). The van der Waals surface area contributed by atoms with Crippen molar-refractivity contribution in [3.05, 3.63) is 206 Å². The Balaban J connectivity index is 0.990. The minimum atomic E-state index is 0.529. The third-order valence-corrected chi connectivity index (χ3v) is 12.2. The zero-order valence-electron chi connectivity index (χ0n) is 34.2. The van der Waals surface area contributed by atoms with Gasteiger partial charge in [-0.3, -0.25) is 9.13 Å². The van der Waals surface area contributed by atoms with Crippen LogP contribution in [0.15, 0.2) is 206 Å². The maximum atomic E-state index is 5.30. The van der Waals surface area contributed by atoms with Crippen molar-refractivity contribution in [1.29, 1.82) is 0 Å². The first kappa shape index (κ1) is 35.8. The van der Waals surface area contributed by atoms with E-state index >= 15 is 0 Å².